The lowest BCUT2D eigenvalue weighted by Crippen LogP contribution is -2.42. The standard InChI is InChI=1S/C14H20BrNO/c1-3-7-14(4-2)9-12(16)11-6-5-10(15)8-13(11)17-14/h5-6,8,12H,3-4,7,9,16H2,1-2H3/t12-,14?/m0/s1. The van der Waals surface area contributed by atoms with Crippen molar-refractivity contribution in [2.45, 2.75) is 51.2 Å². The van der Waals surface area contributed by atoms with Crippen LogP contribution in [0.15, 0.2) is 22.7 Å². The predicted octanol–water partition coefficient (Wildman–Crippen LogP) is 4.18. The summed E-state index contributed by atoms with van der Waals surface area (Å²) in [5.74, 6) is 0.952. The Kier molecular flexibility index (Phi) is 3.79. The zero-order valence-electron chi connectivity index (χ0n) is 10.5. The Balaban J connectivity index is 2.36. The molecule has 1 heterocycles. The summed E-state index contributed by atoms with van der Waals surface area (Å²) < 4.78 is 7.30. The third kappa shape index (κ3) is 2.50. The minimum Gasteiger partial charge on any atom is -0.487 e. The van der Waals surface area contributed by atoms with Crippen molar-refractivity contribution in [2.24, 2.45) is 5.73 Å². The molecule has 2 atom stereocenters. The molecule has 2 N–H and O–H groups in total. The van der Waals surface area contributed by atoms with Crippen molar-refractivity contribution in [3.63, 3.8) is 0 Å². The number of nitrogens with two attached hydrogens (primary N) is 1. The maximum Gasteiger partial charge on any atom is 0.126 e. The van der Waals surface area contributed by atoms with Gasteiger partial charge in [-0.25, -0.2) is 0 Å². The smallest absolute Gasteiger partial charge is 0.126 e. The largest absolute Gasteiger partial charge is 0.487 e. The summed E-state index contributed by atoms with van der Waals surface area (Å²) in [6, 6.07) is 6.23. The van der Waals surface area contributed by atoms with Gasteiger partial charge in [0.05, 0.1) is 0 Å². The Bertz CT molecular complexity index is 407. The molecule has 2 nitrogen and oxygen atoms in total. The second-order valence-electron chi connectivity index (χ2n) is 4.88. The van der Waals surface area contributed by atoms with Crippen LogP contribution in [0.2, 0.25) is 0 Å². The molecule has 1 aromatic carbocycles. The Morgan fingerprint density at radius 3 is 2.88 bits per heavy atom. The number of rotatable bonds is 3. The fourth-order valence-electron chi connectivity index (χ4n) is 2.69. The number of hydrogen-bond donors (Lipinski definition) is 1. The Hall–Kier alpha value is -0.540. The number of halogens is 1. The lowest BCUT2D eigenvalue weighted by Gasteiger charge is -2.41. The molecular weight excluding hydrogens is 278 g/mol. The first-order valence-electron chi connectivity index (χ1n) is 6.34. The number of ether oxygens (including phenoxy) is 1. The van der Waals surface area contributed by atoms with Gasteiger partial charge in [0.15, 0.2) is 0 Å². The van der Waals surface area contributed by atoms with Crippen LogP contribution in [-0.4, -0.2) is 5.60 Å². The summed E-state index contributed by atoms with van der Waals surface area (Å²) in [6.07, 6.45) is 4.14. The van der Waals surface area contributed by atoms with Gasteiger partial charge in [0.1, 0.15) is 11.4 Å². The van der Waals surface area contributed by atoms with Crippen molar-refractivity contribution in [2.75, 3.05) is 0 Å². The molecule has 1 aliphatic heterocycles. The highest BCUT2D eigenvalue weighted by Gasteiger charge is 2.37. The number of fused-ring (bicyclic) bond motifs is 1. The molecule has 0 aromatic heterocycles. The molecule has 0 bridgehead atoms. The summed E-state index contributed by atoms with van der Waals surface area (Å²) in [4.78, 5) is 0. The molecule has 0 saturated heterocycles. The van der Waals surface area contributed by atoms with Gasteiger partial charge in [-0.1, -0.05) is 42.3 Å². The van der Waals surface area contributed by atoms with Crippen LogP contribution < -0.4 is 10.5 Å². The third-order valence-corrected chi connectivity index (χ3v) is 4.14. The monoisotopic (exact) mass is 297 g/mol. The van der Waals surface area contributed by atoms with Crippen LogP contribution in [0.5, 0.6) is 5.75 Å². The van der Waals surface area contributed by atoms with E-state index in [1.807, 2.05) is 12.1 Å². The molecule has 1 unspecified atom stereocenters. The van der Waals surface area contributed by atoms with Crippen molar-refractivity contribution in [1.82, 2.24) is 0 Å². The van der Waals surface area contributed by atoms with E-state index in [4.69, 9.17) is 10.5 Å². The molecule has 0 amide bonds. The van der Waals surface area contributed by atoms with Crippen LogP contribution in [0.25, 0.3) is 0 Å². The van der Waals surface area contributed by atoms with Crippen molar-refractivity contribution in [3.8, 4) is 5.75 Å². The third-order valence-electron chi connectivity index (χ3n) is 3.64. The molecule has 17 heavy (non-hydrogen) atoms. The summed E-state index contributed by atoms with van der Waals surface area (Å²) in [6.45, 7) is 4.38. The highest BCUT2D eigenvalue weighted by Crippen LogP contribution is 2.43. The molecule has 0 fully saturated rings. The second-order valence-corrected chi connectivity index (χ2v) is 5.80. The number of benzene rings is 1. The van der Waals surface area contributed by atoms with Gasteiger partial charge in [-0.05, 0) is 25.0 Å². The minimum absolute atomic E-state index is 0.0675. The zero-order valence-corrected chi connectivity index (χ0v) is 12.1. The van der Waals surface area contributed by atoms with Crippen molar-refractivity contribution in [1.29, 1.82) is 0 Å². The van der Waals surface area contributed by atoms with E-state index in [0.29, 0.717) is 0 Å². The van der Waals surface area contributed by atoms with Gasteiger partial charge in [0.25, 0.3) is 0 Å². The van der Waals surface area contributed by atoms with E-state index >= 15 is 0 Å². The van der Waals surface area contributed by atoms with Crippen molar-refractivity contribution >= 4 is 15.9 Å². The first-order valence-corrected chi connectivity index (χ1v) is 7.13. The fraction of sp³-hybridized carbons (Fsp3) is 0.571. The van der Waals surface area contributed by atoms with E-state index in [1.165, 1.54) is 0 Å². The summed E-state index contributed by atoms with van der Waals surface area (Å²) in [7, 11) is 0. The molecular formula is C14H20BrNO. The van der Waals surface area contributed by atoms with Gasteiger partial charge in [-0.2, -0.15) is 0 Å². The molecule has 0 aliphatic carbocycles. The maximum atomic E-state index is 6.28. The SMILES string of the molecule is CCCC1(CC)C[C@H](N)c2ccc(Br)cc2O1. The molecule has 0 radical (unpaired) electrons. The first-order chi connectivity index (χ1) is 8.10. The Labute approximate surface area is 112 Å². The summed E-state index contributed by atoms with van der Waals surface area (Å²) in [5, 5.41) is 0. The van der Waals surface area contributed by atoms with Crippen molar-refractivity contribution in [3.05, 3.63) is 28.2 Å². The van der Waals surface area contributed by atoms with E-state index in [-0.39, 0.29) is 11.6 Å². The quantitative estimate of drug-likeness (QED) is 0.908. The summed E-state index contributed by atoms with van der Waals surface area (Å²) >= 11 is 3.49. The lowest BCUT2D eigenvalue weighted by atomic mass is 9.83. The highest BCUT2D eigenvalue weighted by molar-refractivity contribution is 9.10. The predicted molar refractivity (Wildman–Crippen MR) is 74.2 cm³/mol. The van der Waals surface area contributed by atoms with Crippen LogP contribution in [0, 0.1) is 0 Å². The van der Waals surface area contributed by atoms with Crippen LogP contribution in [0.3, 0.4) is 0 Å². The fourth-order valence-corrected chi connectivity index (χ4v) is 3.03. The van der Waals surface area contributed by atoms with Crippen LogP contribution in [0.4, 0.5) is 0 Å². The van der Waals surface area contributed by atoms with Crippen LogP contribution in [0.1, 0.15) is 51.1 Å². The maximum absolute atomic E-state index is 6.28. The van der Waals surface area contributed by atoms with E-state index in [9.17, 15) is 0 Å². The van der Waals surface area contributed by atoms with Crippen LogP contribution >= 0.6 is 15.9 Å². The van der Waals surface area contributed by atoms with Gasteiger partial charge >= 0.3 is 0 Å². The second kappa shape index (κ2) is 4.99. The Morgan fingerprint density at radius 2 is 2.24 bits per heavy atom. The molecule has 94 valence electrons. The molecule has 1 aliphatic rings. The molecule has 0 spiro atoms. The average Bonchev–Trinajstić information content (AvgIpc) is 2.28. The van der Waals surface area contributed by atoms with E-state index in [0.717, 1.165) is 41.5 Å². The van der Waals surface area contributed by atoms with Crippen molar-refractivity contribution < 1.29 is 4.74 Å². The van der Waals surface area contributed by atoms with Crippen LogP contribution in [-0.2, 0) is 0 Å². The van der Waals surface area contributed by atoms with Gasteiger partial charge < -0.3 is 10.5 Å². The molecule has 0 saturated carbocycles. The van der Waals surface area contributed by atoms with Gasteiger partial charge in [-0.3, -0.25) is 0 Å². The average molecular weight is 298 g/mol. The summed E-state index contributed by atoms with van der Waals surface area (Å²) in [5.41, 5.74) is 7.35. The first kappa shape index (κ1) is 12.9. The molecule has 1 aromatic rings. The number of hydrogen-bond acceptors (Lipinski definition) is 2. The highest BCUT2D eigenvalue weighted by atomic mass is 79.9. The van der Waals surface area contributed by atoms with Gasteiger partial charge in [0, 0.05) is 22.5 Å². The van der Waals surface area contributed by atoms with E-state index in [2.05, 4.69) is 35.8 Å². The van der Waals surface area contributed by atoms with E-state index in [1.54, 1.807) is 0 Å². The molecule has 2 rings (SSSR count). The minimum atomic E-state index is -0.0675. The normalized spacial score (nSPS) is 27.4. The molecule has 3 heteroatoms. The van der Waals surface area contributed by atoms with Gasteiger partial charge in [0.2, 0.25) is 0 Å². The zero-order chi connectivity index (χ0) is 12.5. The Morgan fingerprint density at radius 1 is 1.47 bits per heavy atom. The van der Waals surface area contributed by atoms with E-state index < -0.39 is 0 Å². The topological polar surface area (TPSA) is 35.2 Å². The van der Waals surface area contributed by atoms with Gasteiger partial charge in [-0.15, -0.1) is 0 Å². The lowest BCUT2D eigenvalue weighted by molar-refractivity contribution is 0.0230.